The fourth-order valence-corrected chi connectivity index (χ4v) is 10.2. The molecule has 2 aliphatic carbocycles. The maximum Gasteiger partial charge on any atom is 0.0979 e. The van der Waals surface area contributed by atoms with Crippen LogP contribution in [0.2, 0.25) is 0 Å². The van der Waals surface area contributed by atoms with Gasteiger partial charge in [0.2, 0.25) is 0 Å². The quantitative estimate of drug-likeness (QED) is 0.165. The molecule has 2 aromatic heterocycles. The lowest BCUT2D eigenvalue weighted by Crippen LogP contribution is -2.12. The lowest BCUT2D eigenvalue weighted by atomic mass is 9.80. The third-order valence-electron chi connectivity index (χ3n) is 11.5. The van der Waals surface area contributed by atoms with Crippen molar-refractivity contribution >= 4 is 59.6 Å². The molecule has 9 aromatic rings. The van der Waals surface area contributed by atoms with E-state index in [0.29, 0.717) is 5.92 Å². The van der Waals surface area contributed by atoms with Gasteiger partial charge in [-0.15, -0.1) is 11.3 Å². The van der Waals surface area contributed by atoms with Crippen LogP contribution in [-0.2, 0) is 6.42 Å². The highest BCUT2D eigenvalue weighted by Gasteiger charge is 2.28. The van der Waals surface area contributed by atoms with Crippen molar-refractivity contribution in [1.29, 1.82) is 0 Å². The van der Waals surface area contributed by atoms with Crippen LogP contribution in [-0.4, -0.2) is 9.97 Å². The lowest BCUT2D eigenvalue weighted by Gasteiger charge is -2.24. The normalized spacial score (nSPS) is 15.4. The summed E-state index contributed by atoms with van der Waals surface area (Å²) in [5.74, 6) is 0.337. The Morgan fingerprint density at radius 2 is 1.22 bits per heavy atom. The number of fused-ring (bicyclic) bond motifs is 9. The van der Waals surface area contributed by atoms with Crippen LogP contribution in [0.15, 0.2) is 182 Å². The molecule has 0 bridgehead atoms. The monoisotopic (exact) mass is 720 g/mol. The fraction of sp³-hybridized carbons (Fsp3) is 0.0769. The summed E-state index contributed by atoms with van der Waals surface area (Å²) in [4.78, 5) is 11.8. The number of aromatic nitrogens is 2. The number of nitrogens with zero attached hydrogens (tertiary/aromatic N) is 2. The van der Waals surface area contributed by atoms with Crippen molar-refractivity contribution in [3.05, 3.63) is 198 Å². The molecule has 55 heavy (non-hydrogen) atoms. The summed E-state index contributed by atoms with van der Waals surface area (Å²) in [7, 11) is 0. The van der Waals surface area contributed by atoms with Crippen LogP contribution in [0.5, 0.6) is 0 Å². The third-order valence-corrected chi connectivity index (χ3v) is 12.8. The molecule has 0 aliphatic heterocycles. The molecule has 11 rings (SSSR count). The summed E-state index contributed by atoms with van der Waals surface area (Å²) >= 11 is 1.95. The van der Waals surface area contributed by atoms with Crippen molar-refractivity contribution in [3.63, 3.8) is 0 Å². The second-order valence-corrected chi connectivity index (χ2v) is 15.8. The Balaban J connectivity index is 1.11. The molecule has 7 aromatic carbocycles. The molecule has 1 unspecified atom stereocenters. The summed E-state index contributed by atoms with van der Waals surface area (Å²) in [6, 6.07) is 52.7. The number of hydrogen-bond acceptors (Lipinski definition) is 3. The van der Waals surface area contributed by atoms with Crippen LogP contribution >= 0.6 is 11.3 Å². The zero-order valence-corrected chi connectivity index (χ0v) is 31.1. The van der Waals surface area contributed by atoms with Gasteiger partial charge in [0.05, 0.1) is 22.9 Å². The average Bonchev–Trinajstić information content (AvgIpc) is 3.65. The van der Waals surface area contributed by atoms with Crippen LogP contribution in [0, 0.1) is 5.92 Å². The topological polar surface area (TPSA) is 25.8 Å². The van der Waals surface area contributed by atoms with E-state index in [-0.39, 0.29) is 0 Å². The molecule has 2 aliphatic rings. The Kier molecular flexibility index (Phi) is 7.67. The molecule has 0 radical (unpaired) electrons. The summed E-state index contributed by atoms with van der Waals surface area (Å²) in [5.41, 5.74) is 14.2. The van der Waals surface area contributed by atoms with E-state index in [1.54, 1.807) is 0 Å². The molecule has 3 heteroatoms. The van der Waals surface area contributed by atoms with Gasteiger partial charge in [0, 0.05) is 37.4 Å². The summed E-state index contributed by atoms with van der Waals surface area (Å²) in [5, 5.41) is 6.03. The second-order valence-electron chi connectivity index (χ2n) is 14.7. The van der Waals surface area contributed by atoms with E-state index in [9.17, 15) is 0 Å². The number of benzene rings is 7. The van der Waals surface area contributed by atoms with E-state index < -0.39 is 0 Å². The highest BCUT2D eigenvalue weighted by atomic mass is 32.1. The first kappa shape index (κ1) is 32.0. The molecule has 0 fully saturated rings. The smallest absolute Gasteiger partial charge is 0.0979 e. The van der Waals surface area contributed by atoms with Gasteiger partial charge in [-0.1, -0.05) is 152 Å². The van der Waals surface area contributed by atoms with Gasteiger partial charge in [0.15, 0.2) is 0 Å². The zero-order chi connectivity index (χ0) is 36.3. The minimum absolute atomic E-state index is 0.337. The van der Waals surface area contributed by atoms with Crippen LogP contribution in [0.3, 0.4) is 0 Å². The Labute approximate surface area is 324 Å². The van der Waals surface area contributed by atoms with Crippen molar-refractivity contribution < 1.29 is 0 Å². The molecular formula is C52H36N2S. The molecule has 1 atom stereocenters. The van der Waals surface area contributed by atoms with E-state index >= 15 is 0 Å². The minimum atomic E-state index is 0.337. The average molecular weight is 721 g/mol. The molecule has 0 saturated carbocycles. The van der Waals surface area contributed by atoms with Gasteiger partial charge in [-0.2, -0.15) is 0 Å². The Bertz CT molecular complexity index is 3020. The van der Waals surface area contributed by atoms with Gasteiger partial charge in [0.1, 0.15) is 0 Å². The van der Waals surface area contributed by atoms with Gasteiger partial charge in [-0.05, 0) is 92.6 Å². The summed E-state index contributed by atoms with van der Waals surface area (Å²) in [6.07, 6.45) is 14.9. The predicted molar refractivity (Wildman–Crippen MR) is 233 cm³/mol. The zero-order valence-electron chi connectivity index (χ0n) is 30.2. The van der Waals surface area contributed by atoms with E-state index in [0.717, 1.165) is 52.3 Å². The number of rotatable bonds is 5. The van der Waals surface area contributed by atoms with Crippen LogP contribution in [0.4, 0.5) is 0 Å². The van der Waals surface area contributed by atoms with Gasteiger partial charge < -0.3 is 0 Å². The molecule has 0 spiro atoms. The number of thiophene rings is 1. The highest BCUT2D eigenvalue weighted by Crippen LogP contribution is 2.49. The number of allylic oxidation sites excluding steroid dienone is 5. The maximum absolute atomic E-state index is 5.36. The minimum Gasteiger partial charge on any atom is -0.252 e. The molecule has 260 valence electrons. The van der Waals surface area contributed by atoms with Crippen molar-refractivity contribution in [1.82, 2.24) is 9.97 Å². The van der Waals surface area contributed by atoms with Crippen LogP contribution < -0.4 is 0 Å². The predicted octanol–water partition coefficient (Wildman–Crippen LogP) is 14.0. The van der Waals surface area contributed by atoms with Crippen molar-refractivity contribution in [2.45, 2.75) is 19.3 Å². The Hall–Kier alpha value is -6.42. The molecule has 0 N–H and O–H groups in total. The number of hydrogen-bond donors (Lipinski definition) is 0. The van der Waals surface area contributed by atoms with Gasteiger partial charge in [0.25, 0.3) is 0 Å². The van der Waals surface area contributed by atoms with Crippen LogP contribution in [0.25, 0.3) is 81.7 Å². The van der Waals surface area contributed by atoms with Crippen molar-refractivity contribution in [2.24, 2.45) is 5.92 Å². The summed E-state index contributed by atoms with van der Waals surface area (Å²) in [6.45, 7) is 0. The second kappa shape index (κ2) is 13.2. The molecule has 2 nitrogen and oxygen atoms in total. The molecule has 0 saturated heterocycles. The Morgan fingerprint density at radius 3 is 1.96 bits per heavy atom. The first-order valence-electron chi connectivity index (χ1n) is 19.2. The van der Waals surface area contributed by atoms with Crippen molar-refractivity contribution in [2.75, 3.05) is 0 Å². The van der Waals surface area contributed by atoms with Gasteiger partial charge in [-0.25, -0.2) is 4.98 Å². The first-order valence-corrected chi connectivity index (χ1v) is 20.0. The fourth-order valence-electron chi connectivity index (χ4n) is 8.81. The highest BCUT2D eigenvalue weighted by molar-refractivity contribution is 7.21. The Morgan fingerprint density at radius 1 is 0.545 bits per heavy atom. The van der Waals surface area contributed by atoms with Crippen molar-refractivity contribution in [3.8, 4) is 33.5 Å². The van der Waals surface area contributed by atoms with Gasteiger partial charge >= 0.3 is 0 Å². The molecular weight excluding hydrogens is 685 g/mol. The molecule has 0 amide bonds. The van der Waals surface area contributed by atoms with E-state index in [4.69, 9.17) is 9.97 Å². The van der Waals surface area contributed by atoms with E-state index in [2.05, 4.69) is 170 Å². The molecule has 2 heterocycles. The van der Waals surface area contributed by atoms with Crippen LogP contribution in [0.1, 0.15) is 28.8 Å². The SMILES string of the molecule is C1=CC(C2C=C(c3ccccc3)c3sc4c(-c5cccc(-c6cnc7c8ccccc8c8ccccc8c7n6)c5)cc(-c5ccccc5)cc4c3C2)=CCC1. The first-order chi connectivity index (χ1) is 27.3. The summed E-state index contributed by atoms with van der Waals surface area (Å²) < 4.78 is 1.33. The van der Waals surface area contributed by atoms with Gasteiger partial charge in [-0.3, -0.25) is 4.98 Å². The largest absolute Gasteiger partial charge is 0.252 e. The standard InChI is InChI=1S/C52H36N2S/c1-4-15-33(16-5-1)38-28-44(35-19-8-3-9-20-35)51-46(30-38)47-31-39(34-17-6-2-7-18-34)29-45(52(47)55-51)36-21-14-22-37(27-36)48-32-53-49-42-25-12-10-23-40(42)41-24-11-13-26-43(41)50(49)54-48/h2-4,6-29,31-32,38H,1,5,30H2. The van der Waals surface area contributed by atoms with E-state index in [1.165, 1.54) is 70.3 Å². The van der Waals surface area contributed by atoms with E-state index in [1.807, 2.05) is 17.5 Å². The lowest BCUT2D eigenvalue weighted by molar-refractivity contribution is 0.754. The third kappa shape index (κ3) is 5.46. The maximum atomic E-state index is 5.36.